The molecule has 0 atom stereocenters. The molecule has 0 heterocycles. The summed E-state index contributed by atoms with van der Waals surface area (Å²) in [6, 6.07) is 0. The van der Waals surface area contributed by atoms with Gasteiger partial charge in [0.1, 0.15) is 11.0 Å². The van der Waals surface area contributed by atoms with Gasteiger partial charge in [-0.3, -0.25) is 4.79 Å². The van der Waals surface area contributed by atoms with Crippen LogP contribution in [0.2, 0.25) is 0 Å². The second-order valence-corrected chi connectivity index (χ2v) is 6.11. The van der Waals surface area contributed by atoms with Crippen molar-refractivity contribution < 1.29 is 19.2 Å². The van der Waals surface area contributed by atoms with Gasteiger partial charge in [0, 0.05) is 5.41 Å². The normalized spacial score (nSPS) is 13.7. The van der Waals surface area contributed by atoms with Crippen LogP contribution >= 0.6 is 8.20 Å². The Balaban J connectivity index is 5.24. The zero-order valence-corrected chi connectivity index (χ0v) is 12.9. The van der Waals surface area contributed by atoms with Crippen LogP contribution in [0.15, 0.2) is 11.4 Å². The number of aldehydes is 1. The molecule has 0 spiro atoms. The van der Waals surface area contributed by atoms with Crippen LogP contribution in [0.1, 0.15) is 27.7 Å². The van der Waals surface area contributed by atoms with E-state index in [1.807, 2.05) is 14.1 Å². The number of esters is 1. The number of hydrogen-bond donors (Lipinski definition) is 1. The third-order valence-electron chi connectivity index (χ3n) is 2.15. The Morgan fingerprint density at radius 1 is 1.33 bits per heavy atom. The molecule has 0 aromatic heterocycles. The maximum absolute atomic E-state index is 11.5. The Hall–Kier alpha value is -0.990. The van der Waals surface area contributed by atoms with Gasteiger partial charge in [-0.1, -0.05) is 20.8 Å². The molecule has 0 radical (unpaired) electrons. The number of ether oxygens (including phenoxy) is 1. The average Bonchev–Trinajstić information content (AvgIpc) is 2.22. The van der Waals surface area contributed by atoms with Gasteiger partial charge in [0.15, 0.2) is 6.29 Å². The van der Waals surface area contributed by atoms with Crippen LogP contribution in [0, 0.1) is 5.41 Å². The summed E-state index contributed by atoms with van der Waals surface area (Å²) in [6.45, 7) is 8.33. The van der Waals surface area contributed by atoms with Gasteiger partial charge in [-0.2, -0.15) is 0 Å². The number of nitrogens with one attached hydrogen (secondary N) is 1. The minimum Gasteiger partial charge on any atom is -0.462 e. The van der Waals surface area contributed by atoms with E-state index >= 15 is 0 Å². The van der Waals surface area contributed by atoms with Crippen molar-refractivity contribution in [3.8, 4) is 0 Å². The fraction of sp³-hybridized carbons (Fsp3) is 0.615. The molecule has 0 unspecified atom stereocenters. The van der Waals surface area contributed by atoms with Crippen LogP contribution in [-0.2, 0) is 14.3 Å². The summed E-state index contributed by atoms with van der Waals surface area (Å²) in [5.41, 5.74) is 1.30. The number of rotatable bonds is 5. The summed E-state index contributed by atoms with van der Waals surface area (Å²) in [5, 5.41) is 0. The molecule has 0 aliphatic rings. The van der Waals surface area contributed by atoms with Crippen molar-refractivity contribution in [1.29, 1.82) is 0 Å². The number of quaternary nitrogens is 1. The minimum absolute atomic E-state index is 0.0134. The molecule has 1 N–H and O–H groups in total. The largest absolute Gasteiger partial charge is 0.462 e. The highest BCUT2D eigenvalue weighted by molar-refractivity contribution is 7.43. The van der Waals surface area contributed by atoms with Gasteiger partial charge < -0.3 is 9.64 Å². The molecule has 0 aromatic rings. The van der Waals surface area contributed by atoms with Gasteiger partial charge >= 0.3 is 5.97 Å². The average molecular weight is 272 g/mol. The number of carbonyl (C=O) groups excluding carboxylic acids is 2. The number of hydrogen-bond acceptors (Lipinski definition) is 3. The monoisotopic (exact) mass is 272 g/mol. The van der Waals surface area contributed by atoms with Crippen molar-refractivity contribution >= 4 is 25.9 Å². The molecule has 0 bridgehead atoms. The molecule has 0 aliphatic carbocycles. The lowest BCUT2D eigenvalue weighted by Gasteiger charge is -2.23. The zero-order chi connectivity index (χ0) is 14.3. The molecule has 0 aromatic carbocycles. The first-order chi connectivity index (χ1) is 8.23. The third-order valence-corrected chi connectivity index (χ3v) is 3.94. The molecule has 5 heteroatoms. The van der Waals surface area contributed by atoms with E-state index < -0.39 is 5.97 Å². The summed E-state index contributed by atoms with van der Waals surface area (Å²) < 4.78 is 4.81. The van der Waals surface area contributed by atoms with Crippen molar-refractivity contribution in [3.05, 3.63) is 11.4 Å². The zero-order valence-electron chi connectivity index (χ0n) is 12.0. The fourth-order valence-corrected chi connectivity index (χ4v) is 2.63. The molecule has 18 heavy (non-hydrogen) atoms. The van der Waals surface area contributed by atoms with E-state index in [1.165, 1.54) is 10.3 Å². The van der Waals surface area contributed by atoms with E-state index in [9.17, 15) is 9.59 Å². The van der Waals surface area contributed by atoms with Crippen molar-refractivity contribution in [2.45, 2.75) is 27.7 Å². The van der Waals surface area contributed by atoms with Gasteiger partial charge in [0.25, 0.3) is 0 Å². The fourth-order valence-electron chi connectivity index (χ4n) is 1.55. The molecular formula is C13H23NO3P+. The molecule has 0 saturated carbocycles. The van der Waals surface area contributed by atoms with E-state index in [4.69, 9.17) is 4.74 Å². The van der Waals surface area contributed by atoms with Crippen LogP contribution in [-0.4, -0.2) is 38.4 Å². The summed E-state index contributed by atoms with van der Waals surface area (Å²) in [6.07, 6.45) is 0.552. The molecule has 0 fully saturated rings. The smallest absolute Gasteiger partial charge is 0.341 e. The van der Waals surface area contributed by atoms with E-state index in [1.54, 1.807) is 12.7 Å². The second-order valence-electron chi connectivity index (χ2n) is 5.15. The third kappa shape index (κ3) is 5.56. The van der Waals surface area contributed by atoms with Crippen LogP contribution in [0.5, 0.6) is 0 Å². The lowest BCUT2D eigenvalue weighted by atomic mass is 9.96. The highest BCUT2D eigenvalue weighted by atomic mass is 31.1. The van der Waals surface area contributed by atoms with E-state index in [-0.39, 0.29) is 17.6 Å². The van der Waals surface area contributed by atoms with Gasteiger partial charge in [-0.25, -0.2) is 4.79 Å². The molecular weight excluding hydrogens is 249 g/mol. The lowest BCUT2D eigenvalue weighted by molar-refractivity contribution is -0.759. The number of carbonyl (C=O) groups is 2. The van der Waals surface area contributed by atoms with Crippen LogP contribution in [0.25, 0.3) is 0 Å². The summed E-state index contributed by atoms with van der Waals surface area (Å²) in [7, 11) is 4.94. The van der Waals surface area contributed by atoms with Crippen molar-refractivity contribution in [2.24, 2.45) is 5.41 Å². The van der Waals surface area contributed by atoms with Crippen LogP contribution in [0.3, 0.4) is 0 Å². The predicted molar refractivity (Wildman–Crippen MR) is 75.0 cm³/mol. The van der Waals surface area contributed by atoms with Crippen LogP contribution in [0.4, 0.5) is 0 Å². The summed E-state index contributed by atoms with van der Waals surface area (Å²) >= 11 is 0. The Morgan fingerprint density at radius 3 is 2.22 bits per heavy atom. The molecule has 0 aliphatic heterocycles. The SMILES string of the molecule is CCOC(=O)C(C=O)=CP=C([NH+](C)C)C(C)(C)C. The first kappa shape index (κ1) is 17.0. The summed E-state index contributed by atoms with van der Waals surface area (Å²) in [5.74, 6) is 1.07. The molecule has 4 nitrogen and oxygen atoms in total. The Kier molecular flexibility index (Phi) is 7.04. The van der Waals surface area contributed by atoms with Gasteiger partial charge in [-0.05, 0) is 20.9 Å². The molecule has 0 saturated heterocycles. The second kappa shape index (κ2) is 7.45. The molecule has 0 amide bonds. The maximum atomic E-state index is 11.5. The van der Waals surface area contributed by atoms with Crippen LogP contribution < -0.4 is 4.90 Å². The van der Waals surface area contributed by atoms with Gasteiger partial charge in [-0.15, -0.1) is 0 Å². The van der Waals surface area contributed by atoms with Crippen molar-refractivity contribution in [3.63, 3.8) is 0 Å². The summed E-state index contributed by atoms with van der Waals surface area (Å²) in [4.78, 5) is 23.5. The van der Waals surface area contributed by atoms with E-state index in [0.717, 1.165) is 8.20 Å². The van der Waals surface area contributed by atoms with Crippen molar-refractivity contribution in [2.75, 3.05) is 20.7 Å². The quantitative estimate of drug-likeness (QED) is 0.202. The van der Waals surface area contributed by atoms with E-state index in [0.29, 0.717) is 6.29 Å². The van der Waals surface area contributed by atoms with Gasteiger partial charge in [0.2, 0.25) is 0 Å². The maximum Gasteiger partial charge on any atom is 0.341 e. The Labute approximate surface area is 111 Å². The standard InChI is InChI=1S/C13H22NO3P/c1-7-17-11(16)10(8-15)9-18-12(14(5)6)13(2,3)4/h8-9H,7H2,1-6H3/p+1. The van der Waals surface area contributed by atoms with Crippen molar-refractivity contribution in [1.82, 2.24) is 0 Å². The Morgan fingerprint density at radius 2 is 1.89 bits per heavy atom. The van der Waals surface area contributed by atoms with E-state index in [2.05, 4.69) is 20.8 Å². The highest BCUT2D eigenvalue weighted by Gasteiger charge is 2.23. The first-order valence-corrected chi connectivity index (χ1v) is 6.91. The molecule has 0 rings (SSSR count). The topological polar surface area (TPSA) is 47.8 Å². The lowest BCUT2D eigenvalue weighted by Crippen LogP contribution is -3.09. The minimum atomic E-state index is -0.554. The molecule has 102 valence electrons. The Bertz CT molecular complexity index is 365. The predicted octanol–water partition coefficient (Wildman–Crippen LogP) is 0.899. The first-order valence-electron chi connectivity index (χ1n) is 5.95. The van der Waals surface area contributed by atoms with Gasteiger partial charge in [0.05, 0.1) is 20.7 Å². The highest BCUT2D eigenvalue weighted by Crippen LogP contribution is 2.19.